The van der Waals surface area contributed by atoms with Crippen molar-refractivity contribution < 1.29 is 4.79 Å². The van der Waals surface area contributed by atoms with Crippen LogP contribution in [0.15, 0.2) is 29.3 Å². The number of aromatic nitrogens is 2. The summed E-state index contributed by atoms with van der Waals surface area (Å²) in [5, 5.41) is 0.582. The highest BCUT2D eigenvalue weighted by Crippen LogP contribution is 2.11. The Bertz CT molecular complexity index is 744. The molecule has 2 N–H and O–H groups in total. The van der Waals surface area contributed by atoms with Gasteiger partial charge < -0.3 is 10.6 Å². The molecule has 1 aromatic carbocycles. The summed E-state index contributed by atoms with van der Waals surface area (Å²) in [4.78, 5) is 30.5. The number of nitrogens with two attached hydrogens (primary N) is 1. The van der Waals surface area contributed by atoms with E-state index in [1.807, 2.05) is 26.0 Å². The molecule has 23 heavy (non-hydrogen) atoms. The average Bonchev–Trinajstić information content (AvgIpc) is 2.53. The van der Waals surface area contributed by atoms with Crippen LogP contribution in [0.25, 0.3) is 10.9 Å². The van der Waals surface area contributed by atoms with Gasteiger partial charge in [0.25, 0.3) is 5.56 Å². The summed E-state index contributed by atoms with van der Waals surface area (Å²) in [5.41, 5.74) is 7.12. The summed E-state index contributed by atoms with van der Waals surface area (Å²) < 4.78 is 1.49. The Hall–Kier alpha value is -1.92. The monoisotopic (exact) mass is 338 g/mol. The zero-order valence-electron chi connectivity index (χ0n) is 13.7. The minimum Gasteiger partial charge on any atom is -0.342 e. The number of carbonyl (C=O) groups is 1. The van der Waals surface area contributed by atoms with Gasteiger partial charge in [-0.3, -0.25) is 14.2 Å². The summed E-state index contributed by atoms with van der Waals surface area (Å²) in [6.45, 7) is 4.55. The van der Waals surface area contributed by atoms with Crippen molar-refractivity contribution in [3.63, 3.8) is 0 Å². The minimum absolute atomic E-state index is 0. The summed E-state index contributed by atoms with van der Waals surface area (Å²) >= 11 is 0. The molecule has 0 aliphatic carbocycles. The molecule has 0 saturated carbocycles. The molecule has 1 atom stereocenters. The number of nitrogens with zero attached hydrogens (tertiary/aromatic N) is 3. The van der Waals surface area contributed by atoms with E-state index in [0.717, 1.165) is 5.56 Å². The predicted octanol–water partition coefficient (Wildman–Crippen LogP) is 1.32. The van der Waals surface area contributed by atoms with Gasteiger partial charge in [0.2, 0.25) is 5.91 Å². The van der Waals surface area contributed by atoms with Gasteiger partial charge in [0.1, 0.15) is 0 Å². The van der Waals surface area contributed by atoms with Gasteiger partial charge >= 0.3 is 0 Å². The van der Waals surface area contributed by atoms with Crippen LogP contribution in [-0.4, -0.2) is 40.0 Å². The molecule has 1 unspecified atom stereocenters. The summed E-state index contributed by atoms with van der Waals surface area (Å²) in [6, 6.07) is 5.51. The third kappa shape index (κ3) is 4.09. The van der Waals surface area contributed by atoms with Crippen LogP contribution >= 0.6 is 12.4 Å². The van der Waals surface area contributed by atoms with E-state index in [9.17, 15) is 9.59 Å². The number of rotatable bonds is 5. The Morgan fingerprint density at radius 1 is 1.43 bits per heavy atom. The first-order chi connectivity index (χ1) is 10.5. The number of para-hydroxylation sites is 1. The molecule has 0 aliphatic rings. The van der Waals surface area contributed by atoms with Crippen molar-refractivity contribution >= 4 is 29.2 Å². The van der Waals surface area contributed by atoms with E-state index in [2.05, 4.69) is 4.98 Å². The Balaban J connectivity index is 0.00000264. The van der Waals surface area contributed by atoms with Crippen molar-refractivity contribution in [1.82, 2.24) is 14.5 Å². The molecule has 2 aromatic rings. The first-order valence-electron chi connectivity index (χ1n) is 7.36. The second-order valence-corrected chi connectivity index (χ2v) is 5.55. The molecule has 7 heteroatoms. The Morgan fingerprint density at radius 3 is 2.78 bits per heavy atom. The third-order valence-corrected chi connectivity index (χ3v) is 4.02. The van der Waals surface area contributed by atoms with Crippen molar-refractivity contribution in [1.29, 1.82) is 0 Å². The van der Waals surface area contributed by atoms with E-state index in [4.69, 9.17) is 5.73 Å². The lowest BCUT2D eigenvalue weighted by molar-refractivity contribution is -0.131. The summed E-state index contributed by atoms with van der Waals surface area (Å²) in [7, 11) is 1.73. The lowest BCUT2D eigenvalue weighted by atomic mass is 10.1. The molecule has 126 valence electrons. The minimum atomic E-state index is -0.115. The van der Waals surface area contributed by atoms with Crippen LogP contribution in [0.3, 0.4) is 0 Å². The molecule has 0 spiro atoms. The molecule has 2 rings (SSSR count). The number of hydrogen-bond donors (Lipinski definition) is 1. The maximum absolute atomic E-state index is 12.4. The van der Waals surface area contributed by atoms with Gasteiger partial charge in [0.15, 0.2) is 0 Å². The van der Waals surface area contributed by atoms with Crippen molar-refractivity contribution in [2.24, 2.45) is 5.73 Å². The van der Waals surface area contributed by atoms with Crippen molar-refractivity contribution in [3.8, 4) is 0 Å². The van der Waals surface area contributed by atoms with Crippen LogP contribution in [0.5, 0.6) is 0 Å². The zero-order valence-corrected chi connectivity index (χ0v) is 14.5. The van der Waals surface area contributed by atoms with Gasteiger partial charge in [0.05, 0.1) is 17.2 Å². The molecular weight excluding hydrogens is 316 g/mol. The smallest absolute Gasteiger partial charge is 0.261 e. The maximum atomic E-state index is 12.4. The highest BCUT2D eigenvalue weighted by atomic mass is 35.5. The molecule has 1 amide bonds. The Kier molecular flexibility index (Phi) is 6.72. The molecule has 6 nitrogen and oxygen atoms in total. The van der Waals surface area contributed by atoms with Crippen molar-refractivity contribution in [2.45, 2.75) is 32.9 Å². The van der Waals surface area contributed by atoms with Crippen molar-refractivity contribution in [3.05, 3.63) is 40.4 Å². The van der Waals surface area contributed by atoms with Crippen molar-refractivity contribution in [2.75, 3.05) is 13.6 Å². The number of amides is 1. The number of likely N-dealkylation sites (N-methyl/N-ethyl adjacent to an activating group) is 1. The van der Waals surface area contributed by atoms with E-state index >= 15 is 0 Å². The number of carbonyl (C=O) groups excluding carboxylic acids is 1. The SMILES string of the molecule is Cc1cccc2c(=O)n(CCC(=O)N(C)C(C)CN)cnc12.Cl. The molecular formula is C16H23ClN4O2. The molecule has 0 saturated heterocycles. The van der Waals surface area contributed by atoms with E-state index in [1.165, 1.54) is 10.9 Å². The molecule has 0 radical (unpaired) electrons. The largest absolute Gasteiger partial charge is 0.342 e. The standard InChI is InChI=1S/C16H22N4O2.ClH/c1-11-5-4-6-13-15(11)18-10-20(16(13)22)8-7-14(21)19(3)12(2)9-17;/h4-6,10,12H,7-9,17H2,1-3H3;1H. The molecule has 0 aliphatic heterocycles. The van der Waals surface area contributed by atoms with Crippen LogP contribution < -0.4 is 11.3 Å². The van der Waals surface area contributed by atoms with Gasteiger partial charge in [-0.2, -0.15) is 0 Å². The fourth-order valence-electron chi connectivity index (χ4n) is 2.29. The number of hydrogen-bond acceptors (Lipinski definition) is 4. The number of halogens is 1. The predicted molar refractivity (Wildman–Crippen MR) is 93.9 cm³/mol. The normalized spacial score (nSPS) is 11.8. The highest BCUT2D eigenvalue weighted by Gasteiger charge is 2.14. The number of fused-ring (bicyclic) bond motifs is 1. The van der Waals surface area contributed by atoms with Gasteiger partial charge in [-0.15, -0.1) is 12.4 Å². The van der Waals surface area contributed by atoms with E-state index in [1.54, 1.807) is 18.0 Å². The summed E-state index contributed by atoms with van der Waals surface area (Å²) in [5.74, 6) is -0.0332. The Morgan fingerprint density at radius 2 is 2.13 bits per heavy atom. The van der Waals surface area contributed by atoms with Gasteiger partial charge in [-0.05, 0) is 25.5 Å². The third-order valence-electron chi connectivity index (χ3n) is 4.02. The number of aryl methyl sites for hydroxylation is 2. The average molecular weight is 339 g/mol. The maximum Gasteiger partial charge on any atom is 0.261 e. The molecule has 0 bridgehead atoms. The van der Waals surface area contributed by atoms with E-state index in [-0.39, 0.29) is 36.3 Å². The fourth-order valence-corrected chi connectivity index (χ4v) is 2.29. The van der Waals surface area contributed by atoms with E-state index < -0.39 is 0 Å². The highest BCUT2D eigenvalue weighted by molar-refractivity contribution is 5.85. The van der Waals surface area contributed by atoms with Crippen LogP contribution in [0.4, 0.5) is 0 Å². The van der Waals surface area contributed by atoms with Crippen LogP contribution in [-0.2, 0) is 11.3 Å². The molecule has 1 aromatic heterocycles. The second kappa shape index (κ2) is 8.08. The van der Waals surface area contributed by atoms with Gasteiger partial charge in [0, 0.05) is 32.6 Å². The lowest BCUT2D eigenvalue weighted by Crippen LogP contribution is -2.40. The molecule has 0 fully saturated rings. The first kappa shape index (κ1) is 19.1. The van der Waals surface area contributed by atoms with Gasteiger partial charge in [-0.25, -0.2) is 4.98 Å². The lowest BCUT2D eigenvalue weighted by Gasteiger charge is -2.23. The Labute approximate surface area is 141 Å². The molecule has 1 heterocycles. The van der Waals surface area contributed by atoms with Crippen LogP contribution in [0.1, 0.15) is 18.9 Å². The summed E-state index contributed by atoms with van der Waals surface area (Å²) in [6.07, 6.45) is 1.76. The zero-order chi connectivity index (χ0) is 16.3. The van der Waals surface area contributed by atoms with Crippen LogP contribution in [0.2, 0.25) is 0 Å². The number of benzene rings is 1. The van der Waals surface area contributed by atoms with Crippen LogP contribution in [0, 0.1) is 6.92 Å². The van der Waals surface area contributed by atoms with Gasteiger partial charge in [-0.1, -0.05) is 12.1 Å². The fraction of sp³-hybridized carbons (Fsp3) is 0.438. The topological polar surface area (TPSA) is 81.2 Å². The first-order valence-corrected chi connectivity index (χ1v) is 7.36. The quantitative estimate of drug-likeness (QED) is 0.891. The van der Waals surface area contributed by atoms with E-state index in [0.29, 0.717) is 24.0 Å². The second-order valence-electron chi connectivity index (χ2n) is 5.55.